The molecule has 0 N–H and O–H groups in total. The van der Waals surface area contributed by atoms with Gasteiger partial charge in [-0.2, -0.15) is 0 Å². The molecule has 0 radical (unpaired) electrons. The Morgan fingerprint density at radius 2 is 0.878 bits per heavy atom. The highest BCUT2D eigenvalue weighted by Gasteiger charge is 2.18. The van der Waals surface area contributed by atoms with Gasteiger partial charge in [0.25, 0.3) is 0 Å². The molecule has 1 heteroatoms. The predicted molar refractivity (Wildman–Crippen MR) is 190 cm³/mol. The van der Waals surface area contributed by atoms with E-state index in [1.165, 1.54) is 191 Å². The molecular weight excluding hydrogens is 494 g/mol. The van der Waals surface area contributed by atoms with Crippen molar-refractivity contribution in [2.75, 3.05) is 6.54 Å². The smallest absolute Gasteiger partial charge is 0.0286 e. The maximum atomic E-state index is 4.57. The molecule has 41 heavy (non-hydrogen) atoms. The van der Waals surface area contributed by atoms with Gasteiger partial charge in [0.05, 0.1) is 0 Å². The third-order valence-corrected chi connectivity index (χ3v) is 9.47. The van der Waals surface area contributed by atoms with Crippen LogP contribution in [0.3, 0.4) is 0 Å². The number of hydrogen-bond donors (Lipinski definition) is 0. The van der Waals surface area contributed by atoms with Crippen molar-refractivity contribution in [3.63, 3.8) is 0 Å². The fourth-order valence-electron chi connectivity index (χ4n) is 6.75. The van der Waals surface area contributed by atoms with Crippen molar-refractivity contribution in [2.24, 2.45) is 5.92 Å². The van der Waals surface area contributed by atoms with Crippen molar-refractivity contribution in [2.45, 2.75) is 220 Å². The Labute approximate surface area is 261 Å². The van der Waals surface area contributed by atoms with Gasteiger partial charge in [-0.1, -0.05) is 181 Å². The Hall–Kier alpha value is -0.720. The number of unbranched alkanes of at least 4 members (excludes halogenated alkanes) is 16. The van der Waals surface area contributed by atoms with Gasteiger partial charge in [0.2, 0.25) is 0 Å². The first-order chi connectivity index (χ1) is 20.0. The first-order valence-electron chi connectivity index (χ1n) is 19.1. The van der Waals surface area contributed by atoms with Crippen LogP contribution in [0.4, 0.5) is 0 Å². The van der Waals surface area contributed by atoms with E-state index in [0.717, 1.165) is 12.5 Å². The Morgan fingerprint density at radius 1 is 0.463 bits per heavy atom. The Kier molecular flexibility index (Phi) is 30.2. The monoisotopic (exact) mass is 574 g/mol. The van der Waals surface area contributed by atoms with E-state index in [1.54, 1.807) is 0 Å². The third-order valence-electron chi connectivity index (χ3n) is 9.47. The predicted octanol–water partition coefficient (Wildman–Crippen LogP) is 14.4. The molecule has 0 aromatic heterocycles. The summed E-state index contributed by atoms with van der Waals surface area (Å²) in [6, 6.07) is 0.714. The normalized spacial score (nSPS) is 12.9. The highest BCUT2D eigenvalue weighted by Crippen LogP contribution is 2.27. The van der Waals surface area contributed by atoms with Gasteiger partial charge in [0.15, 0.2) is 0 Å². The Bertz CT molecular complexity index is 563. The lowest BCUT2D eigenvalue weighted by atomic mass is 9.88. The van der Waals surface area contributed by atoms with E-state index in [9.17, 15) is 0 Å². The molecule has 1 nitrogen and oxygen atoms in total. The second-order valence-electron chi connectivity index (χ2n) is 13.5. The minimum Gasteiger partial charge on any atom is -0.373 e. The number of hydrogen-bond acceptors (Lipinski definition) is 1. The van der Waals surface area contributed by atoms with Gasteiger partial charge in [0, 0.05) is 18.3 Å². The molecule has 0 aromatic carbocycles. The zero-order valence-corrected chi connectivity index (χ0v) is 29.5. The lowest BCUT2D eigenvalue weighted by Crippen LogP contribution is -2.34. The number of rotatable bonds is 33. The summed E-state index contributed by atoms with van der Waals surface area (Å²) >= 11 is 0. The molecule has 0 bridgehead atoms. The van der Waals surface area contributed by atoms with E-state index in [0.29, 0.717) is 6.04 Å². The van der Waals surface area contributed by atoms with Crippen molar-refractivity contribution < 1.29 is 0 Å². The second kappa shape index (κ2) is 30.7. The van der Waals surface area contributed by atoms with Crippen LogP contribution in [0.5, 0.6) is 0 Å². The van der Waals surface area contributed by atoms with Crippen molar-refractivity contribution in [1.29, 1.82) is 0 Å². The molecule has 0 heterocycles. The van der Waals surface area contributed by atoms with E-state index < -0.39 is 0 Å². The van der Waals surface area contributed by atoms with Gasteiger partial charge in [-0.15, -0.1) is 0 Å². The summed E-state index contributed by atoms with van der Waals surface area (Å²) in [5.74, 6) is 0.897. The summed E-state index contributed by atoms with van der Waals surface area (Å²) in [4.78, 5) is 2.70. The Balaban J connectivity index is 4.36. The summed E-state index contributed by atoms with van der Waals surface area (Å²) in [7, 11) is 0. The molecule has 0 aliphatic rings. The van der Waals surface area contributed by atoms with Crippen LogP contribution in [-0.2, 0) is 0 Å². The molecule has 0 aromatic rings. The molecule has 0 spiro atoms. The van der Waals surface area contributed by atoms with Crippen molar-refractivity contribution in [3.05, 3.63) is 24.4 Å². The number of allylic oxidation sites excluding steroid dienone is 2. The van der Waals surface area contributed by atoms with Gasteiger partial charge in [0.1, 0.15) is 0 Å². The molecule has 0 saturated carbocycles. The summed E-state index contributed by atoms with van der Waals surface area (Å²) in [6.45, 7) is 21.8. The molecule has 0 amide bonds. The van der Waals surface area contributed by atoms with Crippen LogP contribution in [0.15, 0.2) is 24.4 Å². The van der Waals surface area contributed by atoms with Crippen molar-refractivity contribution in [3.8, 4) is 0 Å². The van der Waals surface area contributed by atoms with Gasteiger partial charge >= 0.3 is 0 Å². The zero-order chi connectivity index (χ0) is 30.4. The van der Waals surface area contributed by atoms with E-state index in [-0.39, 0.29) is 0 Å². The lowest BCUT2D eigenvalue weighted by molar-refractivity contribution is 0.220. The minimum absolute atomic E-state index is 0.714. The maximum absolute atomic E-state index is 4.57. The zero-order valence-electron chi connectivity index (χ0n) is 29.5. The summed E-state index contributed by atoms with van der Waals surface area (Å²) in [6.07, 6.45) is 38.4. The van der Waals surface area contributed by atoms with Crippen LogP contribution in [0, 0.1) is 5.92 Å². The van der Waals surface area contributed by atoms with Crippen LogP contribution in [-0.4, -0.2) is 17.5 Å². The maximum Gasteiger partial charge on any atom is 0.0286 e. The molecule has 244 valence electrons. The van der Waals surface area contributed by atoms with Gasteiger partial charge in [-0.3, -0.25) is 0 Å². The molecular formula is C40H79N. The third kappa shape index (κ3) is 24.4. The SMILES string of the molecule is C=C(CCCCCCCCC(CCCCCCC)N(CC)C(=C)CCCCCC)CC(CCCC)CCCCCC. The average Bonchev–Trinajstić information content (AvgIpc) is 2.97. The van der Waals surface area contributed by atoms with Gasteiger partial charge in [-0.05, 0) is 57.8 Å². The topological polar surface area (TPSA) is 3.24 Å². The molecule has 0 rings (SSSR count). The Morgan fingerprint density at radius 3 is 1.44 bits per heavy atom. The molecule has 2 atom stereocenters. The molecule has 2 unspecified atom stereocenters. The largest absolute Gasteiger partial charge is 0.373 e. The van der Waals surface area contributed by atoms with Crippen molar-refractivity contribution >= 4 is 0 Å². The first-order valence-corrected chi connectivity index (χ1v) is 19.1. The summed E-state index contributed by atoms with van der Waals surface area (Å²) < 4.78 is 0. The van der Waals surface area contributed by atoms with E-state index >= 15 is 0 Å². The van der Waals surface area contributed by atoms with Gasteiger partial charge in [-0.25, -0.2) is 0 Å². The minimum atomic E-state index is 0.714. The number of nitrogens with zero attached hydrogens (tertiary/aromatic N) is 1. The van der Waals surface area contributed by atoms with Crippen LogP contribution in [0.1, 0.15) is 214 Å². The highest BCUT2D eigenvalue weighted by atomic mass is 15.2. The lowest BCUT2D eigenvalue weighted by Gasteiger charge is -2.35. The van der Waals surface area contributed by atoms with E-state index in [2.05, 4.69) is 52.7 Å². The standard InChI is InChI=1S/C40H79N/c1-8-13-17-22-28-34-40(41(12-5)38(7)31-26-18-14-9-2)35-29-24-21-20-23-25-30-37(6)36-39(32-16-11-4)33-27-19-15-10-3/h39-40H,6-36H2,1-5H3. The molecule has 0 saturated heterocycles. The quantitative estimate of drug-likeness (QED) is 0.0557. The van der Waals surface area contributed by atoms with Gasteiger partial charge < -0.3 is 4.90 Å². The summed E-state index contributed by atoms with van der Waals surface area (Å²) in [5.41, 5.74) is 2.96. The van der Waals surface area contributed by atoms with Crippen molar-refractivity contribution in [1.82, 2.24) is 4.90 Å². The first kappa shape index (κ1) is 40.3. The highest BCUT2D eigenvalue weighted by molar-refractivity contribution is 4.97. The molecule has 0 aliphatic carbocycles. The molecule has 0 fully saturated rings. The van der Waals surface area contributed by atoms with Crippen LogP contribution < -0.4 is 0 Å². The second-order valence-corrected chi connectivity index (χ2v) is 13.5. The van der Waals surface area contributed by atoms with E-state index in [1.807, 2.05) is 0 Å². The van der Waals surface area contributed by atoms with Crippen LogP contribution in [0.25, 0.3) is 0 Å². The molecule has 0 aliphatic heterocycles. The van der Waals surface area contributed by atoms with Crippen LogP contribution >= 0.6 is 0 Å². The average molecular weight is 574 g/mol. The van der Waals surface area contributed by atoms with E-state index in [4.69, 9.17) is 0 Å². The fraction of sp³-hybridized carbons (Fsp3) is 0.900. The summed E-state index contributed by atoms with van der Waals surface area (Å²) in [5, 5.41) is 0. The van der Waals surface area contributed by atoms with Crippen LogP contribution in [0.2, 0.25) is 0 Å². The fourth-order valence-corrected chi connectivity index (χ4v) is 6.75.